The smallest absolute Gasteiger partial charge is 0.0900 e. The second-order valence-corrected chi connectivity index (χ2v) is 6.63. The molecule has 0 aromatic carbocycles. The summed E-state index contributed by atoms with van der Waals surface area (Å²) < 4.78 is 11.0. The van der Waals surface area contributed by atoms with Gasteiger partial charge in [-0.05, 0) is 32.1 Å². The van der Waals surface area contributed by atoms with E-state index in [1.165, 1.54) is 12.2 Å². The van der Waals surface area contributed by atoms with Crippen LogP contribution < -0.4 is 0 Å². The van der Waals surface area contributed by atoms with Gasteiger partial charge in [-0.25, -0.2) is 0 Å². The monoisotopic (exact) mass is 275 g/mol. The predicted octanol–water partition coefficient (Wildman–Crippen LogP) is 0.980. The van der Waals surface area contributed by atoms with Crippen molar-refractivity contribution in [2.45, 2.75) is 37.0 Å². The Labute approximate surface area is 114 Å². The average molecular weight is 275 g/mol. The highest BCUT2D eigenvalue weighted by atomic mass is 32.2. The van der Waals surface area contributed by atoms with Gasteiger partial charge in [-0.15, -0.1) is 0 Å². The van der Waals surface area contributed by atoms with Crippen molar-refractivity contribution in [3.63, 3.8) is 0 Å². The molecule has 2 saturated heterocycles. The number of nitrogens with zero attached hydrogens (tertiary/aromatic N) is 1. The first-order valence-corrected chi connectivity index (χ1v) is 7.90. The van der Waals surface area contributed by atoms with Crippen molar-refractivity contribution in [1.29, 1.82) is 0 Å². The minimum Gasteiger partial charge on any atom is -0.389 e. The fourth-order valence-corrected chi connectivity index (χ4v) is 4.35. The lowest BCUT2D eigenvalue weighted by atomic mass is 9.89. The zero-order chi connectivity index (χ0) is 13.0. The van der Waals surface area contributed by atoms with Gasteiger partial charge in [0.25, 0.3) is 0 Å². The summed E-state index contributed by atoms with van der Waals surface area (Å²) in [5.41, 5.74) is 0.119. The van der Waals surface area contributed by atoms with Gasteiger partial charge in [-0.1, -0.05) is 0 Å². The number of methoxy groups -OCH3 is 1. The van der Waals surface area contributed by atoms with E-state index in [0.717, 1.165) is 25.2 Å². The summed E-state index contributed by atoms with van der Waals surface area (Å²) in [5, 5.41) is 9.81. The van der Waals surface area contributed by atoms with Crippen molar-refractivity contribution in [1.82, 2.24) is 4.90 Å². The van der Waals surface area contributed by atoms with E-state index < -0.39 is 6.10 Å². The maximum absolute atomic E-state index is 9.81. The zero-order valence-corrected chi connectivity index (χ0v) is 12.2. The first-order chi connectivity index (χ1) is 8.65. The Kier molecular flexibility index (Phi) is 5.33. The molecule has 0 aromatic heterocycles. The van der Waals surface area contributed by atoms with Gasteiger partial charge in [0.05, 0.1) is 18.3 Å². The first kappa shape index (κ1) is 14.6. The molecule has 2 aliphatic rings. The SMILES string of the molecule is COCC(O)CN(C)C1CCOC2(CCSC2)C1. The van der Waals surface area contributed by atoms with Gasteiger partial charge in [0, 0.05) is 32.1 Å². The van der Waals surface area contributed by atoms with Gasteiger partial charge >= 0.3 is 0 Å². The van der Waals surface area contributed by atoms with E-state index >= 15 is 0 Å². The van der Waals surface area contributed by atoms with Gasteiger partial charge in [0.2, 0.25) is 0 Å². The van der Waals surface area contributed by atoms with Crippen LogP contribution in [0.2, 0.25) is 0 Å². The number of likely N-dealkylation sites (N-methyl/N-ethyl adjacent to an activating group) is 1. The van der Waals surface area contributed by atoms with E-state index in [1.807, 2.05) is 11.8 Å². The van der Waals surface area contributed by atoms with Gasteiger partial charge in [-0.2, -0.15) is 11.8 Å². The standard InChI is InChI=1S/C13H25NO3S/c1-14(8-12(15)9-16-2)11-3-5-17-13(7-11)4-6-18-10-13/h11-12,15H,3-10H2,1-2H3. The van der Waals surface area contributed by atoms with Crippen molar-refractivity contribution in [3.8, 4) is 0 Å². The molecule has 0 radical (unpaired) electrons. The molecule has 1 N–H and O–H groups in total. The Morgan fingerprint density at radius 2 is 2.44 bits per heavy atom. The summed E-state index contributed by atoms with van der Waals surface area (Å²) in [6.07, 6.45) is 2.97. The third kappa shape index (κ3) is 3.61. The molecule has 2 heterocycles. The van der Waals surface area contributed by atoms with Gasteiger partial charge in [0.1, 0.15) is 0 Å². The molecular weight excluding hydrogens is 250 g/mol. The van der Waals surface area contributed by atoms with Crippen molar-refractivity contribution in [2.24, 2.45) is 0 Å². The maximum atomic E-state index is 9.81. The Morgan fingerprint density at radius 1 is 1.61 bits per heavy atom. The Hall–Kier alpha value is 0.190. The number of aliphatic hydroxyl groups excluding tert-OH is 1. The molecule has 5 heteroatoms. The van der Waals surface area contributed by atoms with Crippen molar-refractivity contribution in [3.05, 3.63) is 0 Å². The van der Waals surface area contributed by atoms with E-state index in [4.69, 9.17) is 9.47 Å². The van der Waals surface area contributed by atoms with Crippen LogP contribution in [0.3, 0.4) is 0 Å². The van der Waals surface area contributed by atoms with Crippen LogP contribution >= 0.6 is 11.8 Å². The highest BCUT2D eigenvalue weighted by molar-refractivity contribution is 7.99. The summed E-state index contributed by atoms with van der Waals surface area (Å²) in [7, 11) is 3.73. The molecule has 0 aliphatic carbocycles. The Balaban J connectivity index is 1.84. The normalized spacial score (nSPS) is 34.3. The number of hydrogen-bond acceptors (Lipinski definition) is 5. The number of hydrogen-bond donors (Lipinski definition) is 1. The lowest BCUT2D eigenvalue weighted by Crippen LogP contribution is -2.49. The van der Waals surface area contributed by atoms with Crippen LogP contribution in [-0.4, -0.2) is 73.2 Å². The van der Waals surface area contributed by atoms with Crippen molar-refractivity contribution >= 4 is 11.8 Å². The largest absolute Gasteiger partial charge is 0.389 e. The van der Waals surface area contributed by atoms with E-state index in [-0.39, 0.29) is 5.60 Å². The van der Waals surface area contributed by atoms with Gasteiger partial charge in [-0.3, -0.25) is 0 Å². The minimum absolute atomic E-state index is 0.119. The third-order valence-corrected chi connectivity index (χ3v) is 5.24. The maximum Gasteiger partial charge on any atom is 0.0900 e. The molecule has 2 rings (SSSR count). The lowest BCUT2D eigenvalue weighted by molar-refractivity contribution is -0.0911. The van der Waals surface area contributed by atoms with Crippen LogP contribution in [-0.2, 0) is 9.47 Å². The summed E-state index contributed by atoms with van der Waals surface area (Å²) in [6, 6.07) is 0.531. The highest BCUT2D eigenvalue weighted by Crippen LogP contribution is 2.39. The van der Waals surface area contributed by atoms with E-state index in [9.17, 15) is 5.11 Å². The second-order valence-electron chi connectivity index (χ2n) is 5.53. The molecule has 4 nitrogen and oxygen atoms in total. The average Bonchev–Trinajstić information content (AvgIpc) is 2.77. The number of thioether (sulfide) groups is 1. The highest BCUT2D eigenvalue weighted by Gasteiger charge is 2.41. The molecule has 2 fully saturated rings. The van der Waals surface area contributed by atoms with Crippen LogP contribution in [0.15, 0.2) is 0 Å². The fourth-order valence-electron chi connectivity index (χ4n) is 2.97. The molecular formula is C13H25NO3S. The summed E-state index contributed by atoms with van der Waals surface area (Å²) in [5.74, 6) is 2.36. The van der Waals surface area contributed by atoms with Crippen molar-refractivity contribution < 1.29 is 14.6 Å². The minimum atomic E-state index is -0.392. The third-order valence-electron chi connectivity index (χ3n) is 4.02. The molecule has 106 valence electrons. The van der Waals surface area contributed by atoms with Crippen LogP contribution in [0.25, 0.3) is 0 Å². The molecule has 3 unspecified atom stereocenters. The number of rotatable bonds is 5. The van der Waals surface area contributed by atoms with Crippen LogP contribution in [0, 0.1) is 0 Å². The molecule has 0 amide bonds. The Bertz CT molecular complexity index is 259. The van der Waals surface area contributed by atoms with Gasteiger partial charge in [0.15, 0.2) is 0 Å². The number of aliphatic hydroxyl groups is 1. The molecule has 0 aromatic rings. The van der Waals surface area contributed by atoms with E-state index in [0.29, 0.717) is 19.2 Å². The van der Waals surface area contributed by atoms with Crippen LogP contribution in [0.5, 0.6) is 0 Å². The van der Waals surface area contributed by atoms with Gasteiger partial charge < -0.3 is 19.5 Å². The second kappa shape index (κ2) is 6.57. The topological polar surface area (TPSA) is 41.9 Å². The molecule has 1 spiro atoms. The van der Waals surface area contributed by atoms with E-state index in [2.05, 4.69) is 11.9 Å². The fraction of sp³-hybridized carbons (Fsp3) is 1.00. The molecule has 3 atom stereocenters. The molecule has 2 aliphatic heterocycles. The predicted molar refractivity (Wildman–Crippen MR) is 74.2 cm³/mol. The quantitative estimate of drug-likeness (QED) is 0.810. The Morgan fingerprint density at radius 3 is 3.11 bits per heavy atom. The molecule has 0 bridgehead atoms. The molecule has 0 saturated carbocycles. The van der Waals surface area contributed by atoms with Crippen LogP contribution in [0.1, 0.15) is 19.3 Å². The summed E-state index contributed by atoms with van der Waals surface area (Å²) >= 11 is 2.00. The van der Waals surface area contributed by atoms with Crippen molar-refractivity contribution in [2.75, 3.05) is 45.4 Å². The molecule has 18 heavy (non-hydrogen) atoms. The van der Waals surface area contributed by atoms with Crippen LogP contribution in [0.4, 0.5) is 0 Å². The zero-order valence-electron chi connectivity index (χ0n) is 11.4. The lowest BCUT2D eigenvalue weighted by Gasteiger charge is -2.41. The first-order valence-electron chi connectivity index (χ1n) is 6.74. The van der Waals surface area contributed by atoms with E-state index in [1.54, 1.807) is 7.11 Å². The summed E-state index contributed by atoms with van der Waals surface area (Å²) in [4.78, 5) is 2.27. The summed E-state index contributed by atoms with van der Waals surface area (Å²) in [6.45, 7) is 1.95. The number of ether oxygens (including phenoxy) is 2.